The van der Waals surface area contributed by atoms with Crippen molar-refractivity contribution in [3.63, 3.8) is 0 Å². The van der Waals surface area contributed by atoms with Crippen LogP contribution in [0.2, 0.25) is 0 Å². The van der Waals surface area contributed by atoms with Gasteiger partial charge in [0.1, 0.15) is 0 Å². The molecule has 2 heterocycles. The Hall–Kier alpha value is -1.51. The van der Waals surface area contributed by atoms with Gasteiger partial charge in [-0.15, -0.1) is 11.3 Å². The maximum atomic E-state index is 11.9. The van der Waals surface area contributed by atoms with Gasteiger partial charge in [0.25, 0.3) is 0 Å². The Labute approximate surface area is 114 Å². The van der Waals surface area contributed by atoms with Gasteiger partial charge in [-0.25, -0.2) is 18.1 Å². The van der Waals surface area contributed by atoms with Crippen molar-refractivity contribution in [2.45, 2.75) is 18.2 Å². The minimum atomic E-state index is -3.58. The van der Waals surface area contributed by atoms with Gasteiger partial charge in [0.05, 0.1) is 15.6 Å². The number of pyridine rings is 1. The number of thiazole rings is 1. The molecule has 0 aromatic carbocycles. The summed E-state index contributed by atoms with van der Waals surface area (Å²) in [6, 6.07) is 2.45. The molecule has 0 spiro atoms. The Bertz CT molecular complexity index is 698. The van der Waals surface area contributed by atoms with E-state index < -0.39 is 10.0 Å². The Kier molecular flexibility index (Phi) is 4.13. The Balaban J connectivity index is 1.98. The van der Waals surface area contributed by atoms with Crippen LogP contribution in [-0.2, 0) is 16.4 Å². The molecular formula is C11H13N3O3S2. The molecule has 8 heteroatoms. The number of nitrogens with one attached hydrogen (secondary N) is 2. The molecule has 0 aliphatic heterocycles. The number of rotatable bonds is 5. The van der Waals surface area contributed by atoms with Crippen molar-refractivity contribution in [1.82, 2.24) is 14.7 Å². The molecule has 0 bridgehead atoms. The summed E-state index contributed by atoms with van der Waals surface area (Å²) < 4.78 is 26.2. The third kappa shape index (κ3) is 3.72. The van der Waals surface area contributed by atoms with Gasteiger partial charge in [-0.05, 0) is 13.0 Å². The first kappa shape index (κ1) is 13.9. The van der Waals surface area contributed by atoms with Crippen LogP contribution < -0.4 is 10.3 Å². The zero-order chi connectivity index (χ0) is 13.9. The highest BCUT2D eigenvalue weighted by Gasteiger charge is 2.13. The second kappa shape index (κ2) is 5.64. The molecular weight excluding hydrogens is 286 g/mol. The largest absolute Gasteiger partial charge is 0.328 e. The fourth-order valence-corrected chi connectivity index (χ4v) is 3.13. The lowest BCUT2D eigenvalue weighted by atomic mass is 10.3. The van der Waals surface area contributed by atoms with Gasteiger partial charge in [-0.2, -0.15) is 0 Å². The molecule has 19 heavy (non-hydrogen) atoms. The SMILES string of the molecule is Cc1nc(CCNS(=O)(=O)c2ccc(=O)[nH]c2)cs1. The summed E-state index contributed by atoms with van der Waals surface area (Å²) in [6.07, 6.45) is 1.71. The van der Waals surface area contributed by atoms with Gasteiger partial charge in [0.2, 0.25) is 15.6 Å². The number of hydrogen-bond acceptors (Lipinski definition) is 5. The summed E-state index contributed by atoms with van der Waals surface area (Å²) in [5, 5.41) is 2.86. The van der Waals surface area contributed by atoms with Gasteiger partial charge in [0.15, 0.2) is 0 Å². The van der Waals surface area contributed by atoms with Crippen molar-refractivity contribution in [3.8, 4) is 0 Å². The van der Waals surface area contributed by atoms with Crippen LogP contribution in [0.5, 0.6) is 0 Å². The molecule has 2 N–H and O–H groups in total. The molecule has 0 aliphatic carbocycles. The minimum absolute atomic E-state index is 0.0431. The third-order valence-corrected chi connectivity index (χ3v) is 4.69. The van der Waals surface area contributed by atoms with Gasteiger partial charge in [0, 0.05) is 30.6 Å². The molecule has 0 radical (unpaired) electrons. The van der Waals surface area contributed by atoms with E-state index in [0.29, 0.717) is 6.42 Å². The van der Waals surface area contributed by atoms with Crippen molar-refractivity contribution >= 4 is 21.4 Å². The molecule has 0 atom stereocenters. The number of hydrogen-bond donors (Lipinski definition) is 2. The first-order chi connectivity index (χ1) is 8.97. The van der Waals surface area contributed by atoms with Gasteiger partial charge < -0.3 is 4.98 Å². The molecule has 0 unspecified atom stereocenters. The van der Waals surface area contributed by atoms with Crippen LogP contribution in [0.15, 0.2) is 33.4 Å². The highest BCUT2D eigenvalue weighted by molar-refractivity contribution is 7.89. The van der Waals surface area contributed by atoms with E-state index in [1.165, 1.54) is 29.7 Å². The molecule has 0 saturated carbocycles. The molecule has 0 aliphatic rings. The van der Waals surface area contributed by atoms with E-state index >= 15 is 0 Å². The molecule has 6 nitrogen and oxygen atoms in total. The number of sulfonamides is 1. The smallest absolute Gasteiger partial charge is 0.247 e. The second-order valence-electron chi connectivity index (χ2n) is 3.89. The van der Waals surface area contributed by atoms with Crippen LogP contribution in [0, 0.1) is 6.92 Å². The number of H-pyrrole nitrogens is 1. The summed E-state index contributed by atoms with van der Waals surface area (Å²) in [6.45, 7) is 2.17. The lowest BCUT2D eigenvalue weighted by Gasteiger charge is -2.05. The standard InChI is InChI=1S/C11H13N3O3S2/c1-8-14-9(7-18-8)4-5-13-19(16,17)10-2-3-11(15)12-6-10/h2-3,6-7,13H,4-5H2,1H3,(H,12,15). The van der Waals surface area contributed by atoms with Crippen LogP contribution in [0.1, 0.15) is 10.7 Å². The molecule has 2 aromatic rings. The zero-order valence-corrected chi connectivity index (χ0v) is 11.8. The molecule has 0 amide bonds. The van der Waals surface area contributed by atoms with Gasteiger partial charge in [-0.1, -0.05) is 0 Å². The predicted octanol–water partition coefficient (Wildman–Crippen LogP) is 0.661. The lowest BCUT2D eigenvalue weighted by molar-refractivity contribution is 0.581. The van der Waals surface area contributed by atoms with E-state index in [1.54, 1.807) is 0 Å². The summed E-state index contributed by atoms with van der Waals surface area (Å²) >= 11 is 1.53. The quantitative estimate of drug-likeness (QED) is 0.848. The van der Waals surface area contributed by atoms with Crippen molar-refractivity contribution in [2.75, 3.05) is 6.54 Å². The fraction of sp³-hybridized carbons (Fsp3) is 0.273. The number of aromatic nitrogens is 2. The van der Waals surface area contributed by atoms with Crippen LogP contribution in [0.4, 0.5) is 0 Å². The highest BCUT2D eigenvalue weighted by atomic mass is 32.2. The molecule has 2 aromatic heterocycles. The maximum Gasteiger partial charge on any atom is 0.247 e. The van der Waals surface area contributed by atoms with Crippen molar-refractivity contribution in [2.24, 2.45) is 0 Å². The fourth-order valence-electron chi connectivity index (χ4n) is 1.48. The highest BCUT2D eigenvalue weighted by Crippen LogP contribution is 2.09. The Morgan fingerprint density at radius 2 is 2.21 bits per heavy atom. The average Bonchev–Trinajstić information content (AvgIpc) is 2.75. The topological polar surface area (TPSA) is 91.9 Å². The molecule has 2 rings (SSSR count). The number of aryl methyl sites for hydroxylation is 1. The van der Waals surface area contributed by atoms with Crippen molar-refractivity contribution < 1.29 is 8.42 Å². The van der Waals surface area contributed by atoms with Gasteiger partial charge in [-0.3, -0.25) is 4.79 Å². The van der Waals surface area contributed by atoms with E-state index in [-0.39, 0.29) is 17.0 Å². The van der Waals surface area contributed by atoms with Gasteiger partial charge >= 0.3 is 0 Å². The van der Waals surface area contributed by atoms with Crippen molar-refractivity contribution in [1.29, 1.82) is 0 Å². The van der Waals surface area contributed by atoms with E-state index in [0.717, 1.165) is 10.7 Å². The lowest BCUT2D eigenvalue weighted by Crippen LogP contribution is -2.26. The van der Waals surface area contributed by atoms with Crippen LogP contribution in [0.25, 0.3) is 0 Å². The van der Waals surface area contributed by atoms with Crippen LogP contribution in [0.3, 0.4) is 0 Å². The molecule has 102 valence electrons. The van der Waals surface area contributed by atoms with Crippen molar-refractivity contribution in [3.05, 3.63) is 44.8 Å². The summed E-state index contributed by atoms with van der Waals surface area (Å²) in [5.41, 5.74) is 0.531. The van der Waals surface area contributed by atoms with E-state index in [9.17, 15) is 13.2 Å². The Morgan fingerprint density at radius 3 is 2.79 bits per heavy atom. The van der Waals surface area contributed by atoms with E-state index in [2.05, 4.69) is 14.7 Å². The predicted molar refractivity (Wildman–Crippen MR) is 72.8 cm³/mol. The number of aromatic amines is 1. The normalized spacial score (nSPS) is 11.6. The number of nitrogens with zero attached hydrogens (tertiary/aromatic N) is 1. The van der Waals surface area contributed by atoms with E-state index in [1.807, 2.05) is 12.3 Å². The second-order valence-corrected chi connectivity index (χ2v) is 6.72. The first-order valence-corrected chi connectivity index (χ1v) is 7.93. The summed E-state index contributed by atoms with van der Waals surface area (Å²) in [5.74, 6) is 0. The Morgan fingerprint density at radius 1 is 1.42 bits per heavy atom. The molecule has 0 saturated heterocycles. The van der Waals surface area contributed by atoms with E-state index in [4.69, 9.17) is 0 Å². The third-order valence-electron chi connectivity index (χ3n) is 2.41. The monoisotopic (exact) mass is 299 g/mol. The average molecular weight is 299 g/mol. The summed E-state index contributed by atoms with van der Waals surface area (Å²) in [7, 11) is -3.58. The first-order valence-electron chi connectivity index (χ1n) is 5.57. The maximum absolute atomic E-state index is 11.9. The zero-order valence-electron chi connectivity index (χ0n) is 10.2. The summed E-state index contributed by atoms with van der Waals surface area (Å²) in [4.78, 5) is 17.5. The minimum Gasteiger partial charge on any atom is -0.328 e. The molecule has 0 fully saturated rings. The van der Waals surface area contributed by atoms with Crippen LogP contribution in [-0.4, -0.2) is 24.9 Å². The van der Waals surface area contributed by atoms with Crippen LogP contribution >= 0.6 is 11.3 Å².